The molecule has 0 bridgehead atoms. The van der Waals surface area contributed by atoms with Gasteiger partial charge in [-0.25, -0.2) is 15.0 Å². The van der Waals surface area contributed by atoms with Crippen LogP contribution in [0.1, 0.15) is 30.7 Å². The van der Waals surface area contributed by atoms with Gasteiger partial charge in [0.1, 0.15) is 12.0 Å². The molecule has 2 N–H and O–H groups in total. The molecule has 1 amide bonds. The van der Waals surface area contributed by atoms with E-state index in [0.29, 0.717) is 25.0 Å². The third kappa shape index (κ3) is 5.90. The molecule has 32 heavy (non-hydrogen) atoms. The molecule has 4 rings (SSSR count). The van der Waals surface area contributed by atoms with E-state index in [-0.39, 0.29) is 11.8 Å². The van der Waals surface area contributed by atoms with Crippen molar-refractivity contribution in [3.8, 4) is 11.5 Å². The molecule has 0 unspecified atom stereocenters. The molecular weight excluding hydrogens is 408 g/mol. The normalized spacial score (nSPS) is 22.7. The van der Waals surface area contributed by atoms with Crippen LogP contribution in [-0.4, -0.2) is 77.3 Å². The monoisotopic (exact) mass is 442 g/mol. The van der Waals surface area contributed by atoms with Crippen LogP contribution < -0.4 is 5.32 Å². The van der Waals surface area contributed by atoms with Gasteiger partial charge < -0.3 is 19.8 Å². The summed E-state index contributed by atoms with van der Waals surface area (Å²) in [5.41, 5.74) is 2.78. The molecule has 2 aliphatic rings. The Kier molecular flexibility index (Phi) is 7.83. The molecule has 0 spiro atoms. The van der Waals surface area contributed by atoms with E-state index < -0.39 is 0 Å². The first kappa shape index (κ1) is 22.8. The smallest absolute Gasteiger partial charge is 0.224 e. The van der Waals surface area contributed by atoms with Gasteiger partial charge in [-0.2, -0.15) is 0 Å². The molecule has 9 heteroatoms. The first-order valence-electron chi connectivity index (χ1n) is 11.5. The van der Waals surface area contributed by atoms with Gasteiger partial charge >= 0.3 is 0 Å². The summed E-state index contributed by atoms with van der Waals surface area (Å²) in [5, 5.41) is 3.21. The average molecular weight is 443 g/mol. The number of imidazole rings is 1. The Labute approximate surface area is 189 Å². The zero-order valence-electron chi connectivity index (χ0n) is 19.0. The third-order valence-corrected chi connectivity index (χ3v) is 6.48. The Hall–Kier alpha value is -2.36. The summed E-state index contributed by atoms with van der Waals surface area (Å²) in [4.78, 5) is 31.7. The van der Waals surface area contributed by atoms with Crippen molar-refractivity contribution >= 4 is 5.91 Å². The summed E-state index contributed by atoms with van der Waals surface area (Å²) in [6, 6.07) is 1.84. The number of likely N-dealkylation sites (tertiary alicyclic amines) is 1. The Balaban J connectivity index is 1.39. The Morgan fingerprint density at radius 2 is 2.16 bits per heavy atom. The molecular formula is C23H34N6O3. The maximum absolute atomic E-state index is 13.0. The first-order valence-corrected chi connectivity index (χ1v) is 11.5. The van der Waals surface area contributed by atoms with E-state index in [0.717, 1.165) is 75.0 Å². The van der Waals surface area contributed by atoms with Crippen molar-refractivity contribution < 1.29 is 14.3 Å². The lowest BCUT2D eigenvalue weighted by Gasteiger charge is -2.37. The number of amides is 1. The lowest BCUT2D eigenvalue weighted by molar-refractivity contribution is -0.128. The number of piperidine rings is 1. The van der Waals surface area contributed by atoms with Crippen LogP contribution in [0, 0.1) is 24.7 Å². The zero-order valence-corrected chi connectivity index (χ0v) is 19.0. The number of ether oxygens (including phenoxy) is 2. The van der Waals surface area contributed by atoms with Gasteiger partial charge in [-0.1, -0.05) is 0 Å². The van der Waals surface area contributed by atoms with Crippen LogP contribution in [0.4, 0.5) is 0 Å². The van der Waals surface area contributed by atoms with Crippen LogP contribution in [0.2, 0.25) is 0 Å². The highest BCUT2D eigenvalue weighted by atomic mass is 16.5. The van der Waals surface area contributed by atoms with E-state index in [4.69, 9.17) is 14.5 Å². The van der Waals surface area contributed by atoms with Gasteiger partial charge in [-0.05, 0) is 44.1 Å². The first-order chi connectivity index (χ1) is 15.6. The fourth-order valence-corrected chi connectivity index (χ4v) is 4.73. The molecule has 0 radical (unpaired) electrons. The minimum absolute atomic E-state index is 0.0377. The van der Waals surface area contributed by atoms with E-state index in [2.05, 4.69) is 25.2 Å². The largest absolute Gasteiger partial charge is 0.384 e. The second-order valence-electron chi connectivity index (χ2n) is 9.00. The SMILES string of the molecule is COC[C@@H]1C[C@@H](C(=O)NCC2CCOCC2)CN(Cc2nc(-c3ccncn3)[nH]c2C)C1. The molecule has 174 valence electrons. The lowest BCUT2D eigenvalue weighted by Crippen LogP contribution is -2.48. The number of nitrogens with one attached hydrogen (secondary N) is 2. The van der Waals surface area contributed by atoms with Crippen LogP contribution in [0.25, 0.3) is 11.5 Å². The summed E-state index contributed by atoms with van der Waals surface area (Å²) in [6.45, 7) is 7.35. The van der Waals surface area contributed by atoms with Crippen LogP contribution in [-0.2, 0) is 20.8 Å². The highest BCUT2D eigenvalue weighted by molar-refractivity contribution is 5.79. The number of carbonyl (C=O) groups excluding carboxylic acids is 1. The number of hydrogen-bond acceptors (Lipinski definition) is 7. The minimum Gasteiger partial charge on any atom is -0.384 e. The summed E-state index contributed by atoms with van der Waals surface area (Å²) in [5.74, 6) is 1.71. The maximum atomic E-state index is 13.0. The Morgan fingerprint density at radius 1 is 1.31 bits per heavy atom. The van der Waals surface area contributed by atoms with Crippen LogP contribution >= 0.6 is 0 Å². The molecule has 0 aliphatic carbocycles. The molecule has 2 atom stereocenters. The van der Waals surface area contributed by atoms with Crippen molar-refractivity contribution in [1.82, 2.24) is 30.2 Å². The fraction of sp³-hybridized carbons (Fsp3) is 0.652. The van der Waals surface area contributed by atoms with Crippen molar-refractivity contribution in [3.05, 3.63) is 30.0 Å². The van der Waals surface area contributed by atoms with Gasteiger partial charge in [-0.15, -0.1) is 0 Å². The van der Waals surface area contributed by atoms with Crippen molar-refractivity contribution in [3.63, 3.8) is 0 Å². The molecule has 9 nitrogen and oxygen atoms in total. The highest BCUT2D eigenvalue weighted by Gasteiger charge is 2.32. The number of aryl methyl sites for hydroxylation is 1. The molecule has 2 saturated heterocycles. The molecule has 0 saturated carbocycles. The van der Waals surface area contributed by atoms with E-state index in [1.807, 2.05) is 13.0 Å². The van der Waals surface area contributed by atoms with Crippen molar-refractivity contribution in [2.75, 3.05) is 46.6 Å². The second-order valence-corrected chi connectivity index (χ2v) is 9.00. The molecule has 2 aromatic rings. The number of carbonyl (C=O) groups is 1. The predicted molar refractivity (Wildman–Crippen MR) is 120 cm³/mol. The third-order valence-electron chi connectivity index (χ3n) is 6.48. The lowest BCUT2D eigenvalue weighted by atomic mass is 9.88. The van der Waals surface area contributed by atoms with Gasteiger partial charge in [-0.3, -0.25) is 9.69 Å². The van der Waals surface area contributed by atoms with Crippen LogP contribution in [0.15, 0.2) is 18.6 Å². The quantitative estimate of drug-likeness (QED) is 0.642. The number of nitrogens with zero attached hydrogens (tertiary/aromatic N) is 4. The summed E-state index contributed by atoms with van der Waals surface area (Å²) >= 11 is 0. The number of H-pyrrole nitrogens is 1. The highest BCUT2D eigenvalue weighted by Crippen LogP contribution is 2.25. The minimum atomic E-state index is -0.0377. The van der Waals surface area contributed by atoms with Crippen molar-refractivity contribution in [1.29, 1.82) is 0 Å². The Bertz CT molecular complexity index is 868. The number of aromatic nitrogens is 4. The van der Waals surface area contributed by atoms with E-state index in [1.165, 1.54) is 6.33 Å². The van der Waals surface area contributed by atoms with E-state index in [9.17, 15) is 4.79 Å². The van der Waals surface area contributed by atoms with E-state index in [1.54, 1.807) is 13.3 Å². The van der Waals surface area contributed by atoms with Gasteiger partial charge in [0.25, 0.3) is 0 Å². The summed E-state index contributed by atoms with van der Waals surface area (Å²) < 4.78 is 10.9. The number of hydrogen-bond donors (Lipinski definition) is 2. The number of rotatable bonds is 8. The molecule has 2 aliphatic heterocycles. The molecule has 2 aromatic heterocycles. The topological polar surface area (TPSA) is 105 Å². The fourth-order valence-electron chi connectivity index (χ4n) is 4.73. The predicted octanol–water partition coefficient (Wildman–Crippen LogP) is 1.80. The van der Waals surface area contributed by atoms with Gasteiger partial charge in [0, 0.05) is 58.4 Å². The van der Waals surface area contributed by atoms with Crippen LogP contribution in [0.5, 0.6) is 0 Å². The average Bonchev–Trinajstić information content (AvgIpc) is 3.19. The van der Waals surface area contributed by atoms with Crippen molar-refractivity contribution in [2.45, 2.75) is 32.7 Å². The second kappa shape index (κ2) is 11.0. The summed E-state index contributed by atoms with van der Waals surface area (Å²) in [7, 11) is 1.73. The Morgan fingerprint density at radius 3 is 2.91 bits per heavy atom. The molecule has 0 aromatic carbocycles. The van der Waals surface area contributed by atoms with Crippen LogP contribution in [0.3, 0.4) is 0 Å². The van der Waals surface area contributed by atoms with Gasteiger partial charge in [0.15, 0.2) is 5.82 Å². The number of aromatic amines is 1. The van der Waals surface area contributed by atoms with E-state index >= 15 is 0 Å². The zero-order chi connectivity index (χ0) is 22.3. The standard InChI is InChI=1S/C23H34N6O3/c1-16-21(28-22(27-16)20-3-6-24-15-26-20)13-29-11-18(14-31-2)9-19(12-29)23(30)25-10-17-4-7-32-8-5-17/h3,6,15,17-19H,4-5,7-14H2,1-2H3,(H,25,30)(H,27,28)/t18-,19-/m1/s1. The maximum Gasteiger partial charge on any atom is 0.224 e. The van der Waals surface area contributed by atoms with Gasteiger partial charge in [0.05, 0.1) is 18.2 Å². The molecule has 4 heterocycles. The van der Waals surface area contributed by atoms with Gasteiger partial charge in [0.2, 0.25) is 5.91 Å². The van der Waals surface area contributed by atoms with Crippen molar-refractivity contribution in [2.24, 2.45) is 17.8 Å². The summed E-state index contributed by atoms with van der Waals surface area (Å²) in [6.07, 6.45) is 6.14. The molecule has 2 fully saturated rings. The number of methoxy groups -OCH3 is 1.